The van der Waals surface area contributed by atoms with Crippen molar-refractivity contribution in [1.29, 1.82) is 0 Å². The number of rotatable bonds is 5. The summed E-state index contributed by atoms with van der Waals surface area (Å²) in [4.78, 5) is 20.9. The van der Waals surface area contributed by atoms with Crippen molar-refractivity contribution in [3.05, 3.63) is 82.6 Å². The molecule has 150 valence electrons. The highest BCUT2D eigenvalue weighted by molar-refractivity contribution is 7.13. The molecule has 0 unspecified atom stereocenters. The largest absolute Gasteiger partial charge is 0.454 e. The number of hydrogen-bond acceptors (Lipinski definition) is 6. The summed E-state index contributed by atoms with van der Waals surface area (Å²) in [6, 6.07) is 9.93. The molecule has 0 fully saturated rings. The van der Waals surface area contributed by atoms with Crippen molar-refractivity contribution in [3.8, 4) is 16.3 Å². The second-order valence-corrected chi connectivity index (χ2v) is 7.82. The van der Waals surface area contributed by atoms with E-state index in [4.69, 9.17) is 4.74 Å². The number of nitrogens with zero attached hydrogens (tertiary/aromatic N) is 4. The number of thiazole rings is 1. The van der Waals surface area contributed by atoms with Gasteiger partial charge in [-0.2, -0.15) is 5.10 Å². The van der Waals surface area contributed by atoms with Gasteiger partial charge in [-0.05, 0) is 55.7 Å². The molecule has 3 aromatic heterocycles. The van der Waals surface area contributed by atoms with Gasteiger partial charge in [0, 0.05) is 34.6 Å². The third-order valence-corrected chi connectivity index (χ3v) is 5.96. The average molecular weight is 420 g/mol. The van der Waals surface area contributed by atoms with Crippen LogP contribution in [-0.4, -0.2) is 25.7 Å². The molecule has 6 nitrogen and oxygen atoms in total. The van der Waals surface area contributed by atoms with Gasteiger partial charge in [0.2, 0.25) is 0 Å². The number of ether oxygens (including phenoxy) is 1. The first kappa shape index (κ1) is 18.6. The minimum Gasteiger partial charge on any atom is -0.454 e. The van der Waals surface area contributed by atoms with E-state index in [2.05, 4.69) is 15.1 Å². The Balaban J connectivity index is 1.33. The molecule has 0 N–H and O–H groups in total. The molecule has 30 heavy (non-hydrogen) atoms. The van der Waals surface area contributed by atoms with E-state index in [0.717, 1.165) is 52.5 Å². The molecule has 0 bridgehead atoms. The predicted octanol–water partition coefficient (Wildman–Crippen LogP) is 4.38. The molecule has 0 saturated heterocycles. The van der Waals surface area contributed by atoms with Gasteiger partial charge in [0.1, 0.15) is 23.1 Å². The zero-order valence-corrected chi connectivity index (χ0v) is 16.7. The van der Waals surface area contributed by atoms with Gasteiger partial charge in [-0.25, -0.2) is 18.9 Å². The first-order valence-electron chi connectivity index (χ1n) is 9.57. The van der Waals surface area contributed by atoms with Crippen molar-refractivity contribution >= 4 is 17.3 Å². The lowest BCUT2D eigenvalue weighted by Gasteiger charge is -2.05. The molecule has 0 aliphatic heterocycles. The minimum atomic E-state index is -0.477. The number of carbonyl (C=O) groups excluding carboxylic acids is 1. The SMILES string of the molecule is O=C(OCc1nn(-c2ccc(F)cc2)c2c1CCC2)c1csc(-c2ccncc2)n1. The summed E-state index contributed by atoms with van der Waals surface area (Å²) in [7, 11) is 0. The van der Waals surface area contributed by atoms with Crippen LogP contribution in [0, 0.1) is 5.82 Å². The van der Waals surface area contributed by atoms with Crippen molar-refractivity contribution in [3.63, 3.8) is 0 Å². The molecule has 0 amide bonds. The molecule has 4 aromatic rings. The summed E-state index contributed by atoms with van der Waals surface area (Å²) in [6.07, 6.45) is 6.19. The number of esters is 1. The van der Waals surface area contributed by atoms with E-state index in [0.29, 0.717) is 0 Å². The van der Waals surface area contributed by atoms with Gasteiger partial charge in [0.25, 0.3) is 0 Å². The summed E-state index contributed by atoms with van der Waals surface area (Å²) < 4.78 is 20.6. The molecular weight excluding hydrogens is 403 g/mol. The Hall–Kier alpha value is -3.39. The molecule has 0 radical (unpaired) electrons. The van der Waals surface area contributed by atoms with E-state index in [1.165, 1.54) is 23.5 Å². The van der Waals surface area contributed by atoms with Crippen LogP contribution < -0.4 is 0 Å². The zero-order valence-electron chi connectivity index (χ0n) is 15.9. The van der Waals surface area contributed by atoms with Gasteiger partial charge in [0.05, 0.1) is 5.69 Å². The number of fused-ring (bicyclic) bond motifs is 1. The van der Waals surface area contributed by atoms with Crippen LogP contribution in [-0.2, 0) is 24.2 Å². The van der Waals surface area contributed by atoms with Crippen molar-refractivity contribution < 1.29 is 13.9 Å². The molecule has 3 heterocycles. The number of benzene rings is 1. The van der Waals surface area contributed by atoms with Gasteiger partial charge in [-0.3, -0.25) is 4.98 Å². The predicted molar refractivity (Wildman–Crippen MR) is 110 cm³/mol. The lowest BCUT2D eigenvalue weighted by molar-refractivity contribution is 0.0460. The van der Waals surface area contributed by atoms with Crippen LogP contribution in [0.2, 0.25) is 0 Å². The van der Waals surface area contributed by atoms with Gasteiger partial charge < -0.3 is 4.74 Å². The fourth-order valence-electron chi connectivity index (χ4n) is 3.63. The summed E-state index contributed by atoms with van der Waals surface area (Å²) in [6.45, 7) is 0.0808. The van der Waals surface area contributed by atoms with E-state index in [1.807, 2.05) is 16.8 Å². The molecule has 0 saturated carbocycles. The number of aromatic nitrogens is 4. The highest BCUT2D eigenvalue weighted by Gasteiger charge is 2.24. The number of halogens is 1. The third-order valence-electron chi connectivity index (χ3n) is 5.07. The molecule has 1 aliphatic carbocycles. The highest BCUT2D eigenvalue weighted by Crippen LogP contribution is 2.29. The second-order valence-electron chi connectivity index (χ2n) is 6.96. The smallest absolute Gasteiger partial charge is 0.358 e. The van der Waals surface area contributed by atoms with Crippen LogP contribution in [0.5, 0.6) is 0 Å². The van der Waals surface area contributed by atoms with Gasteiger partial charge in [0.15, 0.2) is 5.69 Å². The fraction of sp³-hybridized carbons (Fsp3) is 0.182. The highest BCUT2D eigenvalue weighted by atomic mass is 32.1. The standard InChI is InChI=1S/C22H17FN4O2S/c23-15-4-6-16(7-5-15)27-20-3-1-2-17(20)18(26-27)12-29-22(28)19-13-30-21(25-19)14-8-10-24-11-9-14/h4-11,13H,1-3,12H2. The normalized spacial score (nSPS) is 12.7. The van der Waals surface area contributed by atoms with Crippen molar-refractivity contribution in [2.75, 3.05) is 0 Å². The first-order chi connectivity index (χ1) is 14.7. The van der Waals surface area contributed by atoms with Crippen LogP contribution in [0.3, 0.4) is 0 Å². The van der Waals surface area contributed by atoms with Gasteiger partial charge >= 0.3 is 5.97 Å². The molecule has 5 rings (SSSR count). The summed E-state index contributed by atoms with van der Waals surface area (Å²) in [5, 5.41) is 7.08. The third kappa shape index (κ3) is 3.50. The zero-order chi connectivity index (χ0) is 20.5. The van der Waals surface area contributed by atoms with E-state index < -0.39 is 5.97 Å². The molecule has 0 atom stereocenters. The molecule has 0 spiro atoms. The average Bonchev–Trinajstić information content (AvgIpc) is 3.51. The fourth-order valence-corrected chi connectivity index (χ4v) is 4.42. The molecule has 8 heteroatoms. The van der Waals surface area contributed by atoms with Crippen LogP contribution in [0.15, 0.2) is 54.2 Å². The van der Waals surface area contributed by atoms with Crippen LogP contribution in [0.4, 0.5) is 4.39 Å². The quantitative estimate of drug-likeness (QED) is 0.448. The van der Waals surface area contributed by atoms with E-state index >= 15 is 0 Å². The number of hydrogen-bond donors (Lipinski definition) is 0. The number of carbonyl (C=O) groups is 1. The Morgan fingerprint density at radius 2 is 1.93 bits per heavy atom. The topological polar surface area (TPSA) is 69.9 Å². The Morgan fingerprint density at radius 3 is 2.73 bits per heavy atom. The Labute approximate surface area is 176 Å². The Bertz CT molecular complexity index is 1200. The molecule has 1 aliphatic rings. The maximum atomic E-state index is 13.3. The maximum Gasteiger partial charge on any atom is 0.358 e. The summed E-state index contributed by atoms with van der Waals surface area (Å²) in [5.74, 6) is -0.763. The van der Waals surface area contributed by atoms with Gasteiger partial charge in [-0.15, -0.1) is 11.3 Å². The van der Waals surface area contributed by atoms with E-state index in [9.17, 15) is 9.18 Å². The summed E-state index contributed by atoms with van der Waals surface area (Å²) in [5.41, 5.74) is 4.94. The Morgan fingerprint density at radius 1 is 1.13 bits per heavy atom. The van der Waals surface area contributed by atoms with Crippen LogP contribution >= 0.6 is 11.3 Å². The van der Waals surface area contributed by atoms with E-state index in [1.54, 1.807) is 29.9 Å². The number of pyridine rings is 1. The summed E-state index contributed by atoms with van der Waals surface area (Å²) >= 11 is 1.39. The van der Waals surface area contributed by atoms with Crippen LogP contribution in [0.25, 0.3) is 16.3 Å². The first-order valence-corrected chi connectivity index (χ1v) is 10.5. The van der Waals surface area contributed by atoms with Crippen molar-refractivity contribution in [2.24, 2.45) is 0 Å². The monoisotopic (exact) mass is 420 g/mol. The molecular formula is C22H17FN4O2S. The molecule has 1 aromatic carbocycles. The van der Waals surface area contributed by atoms with Crippen molar-refractivity contribution in [2.45, 2.75) is 25.9 Å². The van der Waals surface area contributed by atoms with Gasteiger partial charge in [-0.1, -0.05) is 0 Å². The van der Waals surface area contributed by atoms with Crippen molar-refractivity contribution in [1.82, 2.24) is 19.7 Å². The second kappa shape index (κ2) is 7.79. The Kier molecular flexibility index (Phi) is 4.84. The minimum absolute atomic E-state index is 0.0808. The van der Waals surface area contributed by atoms with Crippen LogP contribution in [0.1, 0.15) is 33.9 Å². The lowest BCUT2D eigenvalue weighted by Crippen LogP contribution is -2.07. The maximum absolute atomic E-state index is 13.3. The van der Waals surface area contributed by atoms with E-state index in [-0.39, 0.29) is 18.1 Å². The lowest BCUT2D eigenvalue weighted by atomic mass is 10.2.